The molecule has 2 N–H and O–H groups in total. The molecule has 1 saturated heterocycles. The number of nitrogens with zero attached hydrogens (tertiary/aromatic N) is 4. The lowest BCUT2D eigenvalue weighted by Crippen LogP contribution is -2.52. The molecular weight excluding hydrogens is 657 g/mol. The zero-order valence-electron chi connectivity index (χ0n) is 26.4. The minimum Gasteiger partial charge on any atom is -0.414 e. The number of anilines is 1. The Morgan fingerprint density at radius 2 is 1.60 bits per heavy atom. The Hall–Kier alpha value is -1.14. The molecule has 1 aliphatic heterocycles. The molecule has 0 spiro atoms. The molecule has 0 saturated carbocycles. The quantitative estimate of drug-likeness (QED) is 0.155. The van der Waals surface area contributed by atoms with Gasteiger partial charge in [-0.15, -0.1) is 0 Å². The minimum absolute atomic E-state index is 0.00982. The van der Waals surface area contributed by atoms with E-state index in [0.717, 1.165) is 0 Å². The summed E-state index contributed by atoms with van der Waals surface area (Å²) in [5.74, 6) is -1.79. The van der Waals surface area contributed by atoms with Crippen LogP contribution in [0.15, 0.2) is 12.7 Å². The smallest absolute Gasteiger partial charge is 0.319 e. The Bertz CT molecular complexity index is 1230. The zero-order valence-corrected chi connectivity index (χ0v) is 30.5. The number of aromatic nitrogens is 4. The molecule has 40 heavy (non-hydrogen) atoms. The number of nitrogens with two attached hydrogens (primary N) is 1. The van der Waals surface area contributed by atoms with E-state index in [1.807, 2.05) is 20.8 Å². The number of imidazole rings is 1. The molecule has 0 unspecified atom stereocenters. The van der Waals surface area contributed by atoms with Crippen LogP contribution < -0.4 is 5.73 Å². The van der Waals surface area contributed by atoms with Crippen molar-refractivity contribution >= 4 is 62.2 Å². The molecule has 0 aromatic carbocycles. The maximum atomic E-state index is 13.5. The van der Waals surface area contributed by atoms with Crippen LogP contribution in [0.2, 0.25) is 36.3 Å². The molecule has 0 radical (unpaired) electrons. The molecule has 1 aliphatic rings. The van der Waals surface area contributed by atoms with Gasteiger partial charge in [-0.05, 0) is 57.0 Å². The fourth-order valence-electron chi connectivity index (χ4n) is 3.72. The number of rotatable bonds is 7. The van der Waals surface area contributed by atoms with Crippen LogP contribution in [0.1, 0.15) is 62.3 Å². The first-order valence-corrected chi connectivity index (χ1v) is 20.8. The van der Waals surface area contributed by atoms with Gasteiger partial charge < -0.3 is 24.1 Å². The Labute approximate surface area is 254 Å². The van der Waals surface area contributed by atoms with E-state index in [1.165, 1.54) is 6.33 Å². The summed E-state index contributed by atoms with van der Waals surface area (Å²) in [7, 11) is -4.43. The highest BCUT2D eigenvalue weighted by Crippen LogP contribution is 2.49. The first-order chi connectivity index (χ1) is 17.9. The van der Waals surface area contributed by atoms with Crippen LogP contribution >= 0.6 is 22.6 Å². The van der Waals surface area contributed by atoms with Crippen LogP contribution in [0.4, 0.5) is 5.82 Å². The van der Waals surface area contributed by atoms with Crippen molar-refractivity contribution in [3.05, 3.63) is 12.7 Å². The lowest BCUT2D eigenvalue weighted by molar-refractivity contribution is -0.271. The number of ether oxygens (including phenoxy) is 2. The van der Waals surface area contributed by atoms with Gasteiger partial charge in [0.2, 0.25) is 0 Å². The molecule has 3 heterocycles. The SMILES string of the molecule is CC(C)(C)C(=O)O[C@]1(n2cnc3c(N)ncnc32)O[C@H](CO[Si](C)(C)C(C)(C)C)[C@@H](O[Si](C)(C)C(C)(C)C)[C@@H]1I. The maximum Gasteiger partial charge on any atom is 0.319 e. The third-order valence-corrected chi connectivity index (χ3v) is 19.0. The molecule has 2 aromatic rings. The second kappa shape index (κ2) is 10.9. The number of carbonyl (C=O) groups is 1. The van der Waals surface area contributed by atoms with Crippen LogP contribution in [0.5, 0.6) is 0 Å². The van der Waals surface area contributed by atoms with Gasteiger partial charge in [-0.25, -0.2) is 15.0 Å². The number of esters is 1. The van der Waals surface area contributed by atoms with E-state index < -0.39 is 50.1 Å². The largest absolute Gasteiger partial charge is 0.414 e. The average molecular weight is 706 g/mol. The number of carbonyl (C=O) groups excluding carboxylic acids is 1. The summed E-state index contributed by atoms with van der Waals surface area (Å²) in [5.41, 5.74) is 6.15. The molecule has 13 heteroatoms. The van der Waals surface area contributed by atoms with E-state index >= 15 is 0 Å². The van der Waals surface area contributed by atoms with Crippen LogP contribution in [0.3, 0.4) is 0 Å². The van der Waals surface area contributed by atoms with Gasteiger partial charge in [-0.1, -0.05) is 64.1 Å². The predicted octanol–water partition coefficient (Wildman–Crippen LogP) is 6.22. The number of alkyl halides is 1. The predicted molar refractivity (Wildman–Crippen MR) is 171 cm³/mol. The van der Waals surface area contributed by atoms with Gasteiger partial charge in [-0.2, -0.15) is 0 Å². The Balaban J connectivity index is 2.19. The number of halogens is 1. The van der Waals surface area contributed by atoms with Gasteiger partial charge in [0.15, 0.2) is 28.1 Å². The van der Waals surface area contributed by atoms with Crippen LogP contribution in [-0.2, 0) is 29.0 Å². The Kier molecular flexibility index (Phi) is 9.05. The van der Waals surface area contributed by atoms with Crippen molar-refractivity contribution in [2.75, 3.05) is 12.3 Å². The van der Waals surface area contributed by atoms with Gasteiger partial charge in [0, 0.05) is 0 Å². The van der Waals surface area contributed by atoms with Crippen molar-refractivity contribution in [3.63, 3.8) is 0 Å². The van der Waals surface area contributed by atoms with E-state index in [9.17, 15) is 4.79 Å². The van der Waals surface area contributed by atoms with E-state index in [2.05, 4.69) is 105 Å². The van der Waals surface area contributed by atoms with Crippen molar-refractivity contribution in [1.82, 2.24) is 19.5 Å². The van der Waals surface area contributed by atoms with Gasteiger partial charge in [0.25, 0.3) is 0 Å². The molecule has 10 nitrogen and oxygen atoms in total. The summed E-state index contributed by atoms with van der Waals surface area (Å²) in [5, 5.41) is -0.0409. The van der Waals surface area contributed by atoms with Crippen LogP contribution in [0.25, 0.3) is 11.2 Å². The monoisotopic (exact) mass is 705 g/mol. The zero-order chi connectivity index (χ0) is 30.7. The molecule has 3 rings (SSSR count). The van der Waals surface area contributed by atoms with Crippen LogP contribution in [-0.4, -0.2) is 64.9 Å². The third-order valence-electron chi connectivity index (χ3n) is 8.52. The van der Waals surface area contributed by atoms with Crippen molar-refractivity contribution in [1.29, 1.82) is 0 Å². The molecule has 0 bridgehead atoms. The van der Waals surface area contributed by atoms with Gasteiger partial charge in [-0.3, -0.25) is 9.36 Å². The fraction of sp³-hybridized carbons (Fsp3) is 0.778. The number of hydrogen-bond acceptors (Lipinski definition) is 9. The Morgan fingerprint density at radius 3 is 2.12 bits per heavy atom. The van der Waals surface area contributed by atoms with E-state index in [1.54, 1.807) is 10.9 Å². The standard InChI is InChI=1S/C27H48IN5O5Si2/c1-24(2,3)23(34)37-27(33-16-32-18-21(29)30-15-31-22(18)33)20(28)19(38-40(12,13)26(7,8)9)17(36-27)14-35-39(10,11)25(4,5)6/h15-17,19-20H,14H2,1-13H3,(H2,29,30,31)/t17-,19-,20+,27-/m1/s1. The van der Waals surface area contributed by atoms with E-state index in [4.69, 9.17) is 24.1 Å². The lowest BCUT2D eigenvalue weighted by Gasteiger charge is -2.41. The summed E-state index contributed by atoms with van der Waals surface area (Å²) in [6, 6.07) is 0. The van der Waals surface area contributed by atoms with Crippen molar-refractivity contribution < 1.29 is 23.1 Å². The van der Waals surface area contributed by atoms with E-state index in [-0.39, 0.29) is 15.9 Å². The topological polar surface area (TPSA) is 124 Å². The Morgan fingerprint density at radius 1 is 1.02 bits per heavy atom. The van der Waals surface area contributed by atoms with E-state index in [0.29, 0.717) is 17.8 Å². The number of hydrogen-bond donors (Lipinski definition) is 1. The highest BCUT2D eigenvalue weighted by atomic mass is 127. The first-order valence-electron chi connectivity index (χ1n) is 13.8. The molecule has 0 amide bonds. The van der Waals surface area contributed by atoms with Crippen molar-refractivity contribution in [3.8, 4) is 0 Å². The summed E-state index contributed by atoms with van der Waals surface area (Å²) in [6.45, 7) is 27.8. The third kappa shape index (κ3) is 6.28. The highest BCUT2D eigenvalue weighted by molar-refractivity contribution is 14.1. The normalized spacial score (nSPS) is 25.0. The second-order valence-electron chi connectivity index (χ2n) is 14.8. The second-order valence-corrected chi connectivity index (χ2v) is 25.7. The molecule has 1 fully saturated rings. The minimum atomic E-state index is -2.29. The summed E-state index contributed by atoms with van der Waals surface area (Å²) < 4.78 is 28.2. The summed E-state index contributed by atoms with van der Waals surface area (Å²) >= 11 is 2.30. The highest BCUT2D eigenvalue weighted by Gasteiger charge is 2.62. The summed E-state index contributed by atoms with van der Waals surface area (Å²) in [4.78, 5) is 26.5. The molecule has 2 aromatic heterocycles. The average Bonchev–Trinajstić information content (AvgIpc) is 3.32. The molecular formula is C27H48IN5O5Si2. The van der Waals surface area contributed by atoms with Gasteiger partial charge >= 0.3 is 11.9 Å². The summed E-state index contributed by atoms with van der Waals surface area (Å²) in [6.07, 6.45) is 1.97. The lowest BCUT2D eigenvalue weighted by atomic mass is 9.97. The number of nitrogen functional groups attached to an aromatic ring is 1. The van der Waals surface area contributed by atoms with Gasteiger partial charge in [0.1, 0.15) is 28.2 Å². The molecule has 226 valence electrons. The number of fused-ring (bicyclic) bond motifs is 1. The fourth-order valence-corrected chi connectivity index (χ4v) is 7.52. The van der Waals surface area contributed by atoms with Gasteiger partial charge in [0.05, 0.1) is 18.1 Å². The first kappa shape index (κ1) is 33.4. The molecule has 4 atom stereocenters. The van der Waals surface area contributed by atoms with Crippen molar-refractivity contribution in [2.45, 2.75) is 121 Å². The maximum absolute atomic E-state index is 13.5. The van der Waals surface area contributed by atoms with Crippen molar-refractivity contribution in [2.24, 2.45) is 5.41 Å². The molecule has 0 aliphatic carbocycles. The van der Waals surface area contributed by atoms with Crippen LogP contribution in [0, 0.1) is 5.41 Å².